The number of rotatable bonds is 3. The molecule has 1 atom stereocenters. The number of amides is 1. The average molecular weight is 323 g/mol. The van der Waals surface area contributed by atoms with E-state index in [4.69, 9.17) is 4.42 Å². The topological polar surface area (TPSA) is 78.3 Å². The molecule has 7 heteroatoms. The van der Waals surface area contributed by atoms with Gasteiger partial charge in [0.25, 0.3) is 5.91 Å². The van der Waals surface area contributed by atoms with Crippen LogP contribution >= 0.6 is 0 Å². The minimum absolute atomic E-state index is 0.114. The number of aromatic nitrogens is 3. The summed E-state index contributed by atoms with van der Waals surface area (Å²) in [5.41, 5.74) is 3.72. The van der Waals surface area contributed by atoms with Crippen LogP contribution in [0.5, 0.6) is 0 Å². The van der Waals surface area contributed by atoms with Gasteiger partial charge in [0.05, 0.1) is 18.7 Å². The van der Waals surface area contributed by atoms with Gasteiger partial charge in [-0.3, -0.25) is 4.79 Å². The maximum Gasteiger partial charge on any atom is 0.273 e. The van der Waals surface area contributed by atoms with E-state index in [2.05, 4.69) is 27.1 Å². The van der Waals surface area contributed by atoms with E-state index in [-0.39, 0.29) is 11.9 Å². The SMILES string of the molecule is CN(C)c1ccc2c(c1)CN(C(=O)c1cnc[nH]1)[C@@H]2c1cnco1. The Kier molecular flexibility index (Phi) is 3.34. The number of nitrogens with one attached hydrogen (secondary N) is 1. The van der Waals surface area contributed by atoms with Gasteiger partial charge in [0.2, 0.25) is 0 Å². The molecular weight excluding hydrogens is 306 g/mol. The highest BCUT2D eigenvalue weighted by Gasteiger charge is 2.37. The van der Waals surface area contributed by atoms with Crippen molar-refractivity contribution in [3.8, 4) is 0 Å². The van der Waals surface area contributed by atoms with Crippen LogP contribution in [0, 0.1) is 0 Å². The van der Waals surface area contributed by atoms with Gasteiger partial charge in [-0.1, -0.05) is 6.07 Å². The standard InChI is InChI=1S/C17H17N5O2/c1-21(2)12-3-4-13-11(5-12)8-22(16(13)15-7-19-10-24-15)17(23)14-6-18-9-20-14/h3-7,9-10,16H,8H2,1-2H3,(H,18,20)/t16-/m0/s1. The molecule has 24 heavy (non-hydrogen) atoms. The normalized spacial score (nSPS) is 16.2. The lowest BCUT2D eigenvalue weighted by Crippen LogP contribution is -2.30. The van der Waals surface area contributed by atoms with Crippen LogP contribution in [0.15, 0.2) is 47.7 Å². The third-order valence-corrected chi connectivity index (χ3v) is 4.30. The van der Waals surface area contributed by atoms with Crippen LogP contribution in [0.25, 0.3) is 0 Å². The van der Waals surface area contributed by atoms with Crippen molar-refractivity contribution < 1.29 is 9.21 Å². The zero-order chi connectivity index (χ0) is 16.7. The van der Waals surface area contributed by atoms with E-state index in [0.29, 0.717) is 18.0 Å². The molecule has 122 valence electrons. The fourth-order valence-corrected chi connectivity index (χ4v) is 3.10. The average Bonchev–Trinajstić information content (AvgIpc) is 3.31. The summed E-state index contributed by atoms with van der Waals surface area (Å²) in [5.74, 6) is 0.538. The lowest BCUT2D eigenvalue weighted by atomic mass is 10.0. The quantitative estimate of drug-likeness (QED) is 0.799. The minimum Gasteiger partial charge on any atom is -0.446 e. The Hall–Kier alpha value is -3.09. The minimum atomic E-state index is -0.283. The predicted octanol–water partition coefficient (Wildman–Crippen LogP) is 2.21. The number of nitrogens with zero attached hydrogens (tertiary/aromatic N) is 4. The molecule has 1 aromatic carbocycles. The Labute approximate surface area is 138 Å². The summed E-state index contributed by atoms with van der Waals surface area (Å²) in [6.45, 7) is 0.514. The Morgan fingerprint density at radius 2 is 2.21 bits per heavy atom. The zero-order valence-electron chi connectivity index (χ0n) is 13.4. The number of anilines is 1. The highest BCUT2D eigenvalue weighted by atomic mass is 16.3. The number of oxazole rings is 1. The molecule has 0 unspecified atom stereocenters. The first-order valence-corrected chi connectivity index (χ1v) is 7.63. The van der Waals surface area contributed by atoms with Crippen molar-refractivity contribution in [3.05, 3.63) is 65.9 Å². The number of H-pyrrole nitrogens is 1. The summed E-state index contributed by atoms with van der Waals surface area (Å²) < 4.78 is 5.51. The largest absolute Gasteiger partial charge is 0.446 e. The second-order valence-electron chi connectivity index (χ2n) is 5.98. The van der Waals surface area contributed by atoms with Gasteiger partial charge in [0, 0.05) is 26.3 Å². The second-order valence-corrected chi connectivity index (χ2v) is 5.98. The molecule has 1 aliphatic rings. The van der Waals surface area contributed by atoms with Crippen molar-refractivity contribution in [3.63, 3.8) is 0 Å². The molecule has 1 N–H and O–H groups in total. The Morgan fingerprint density at radius 1 is 1.33 bits per heavy atom. The van der Waals surface area contributed by atoms with Crippen molar-refractivity contribution in [2.45, 2.75) is 12.6 Å². The van der Waals surface area contributed by atoms with Gasteiger partial charge in [0.1, 0.15) is 11.7 Å². The predicted molar refractivity (Wildman–Crippen MR) is 87.6 cm³/mol. The van der Waals surface area contributed by atoms with Crippen molar-refractivity contribution >= 4 is 11.6 Å². The van der Waals surface area contributed by atoms with Crippen molar-refractivity contribution in [1.29, 1.82) is 0 Å². The monoisotopic (exact) mass is 323 g/mol. The molecule has 3 heterocycles. The summed E-state index contributed by atoms with van der Waals surface area (Å²) in [6.07, 6.45) is 6.09. The van der Waals surface area contributed by atoms with Gasteiger partial charge in [-0.15, -0.1) is 0 Å². The summed E-state index contributed by atoms with van der Waals surface area (Å²) in [5, 5.41) is 0. The molecule has 1 aliphatic heterocycles. The van der Waals surface area contributed by atoms with Crippen LogP contribution in [0.2, 0.25) is 0 Å². The molecule has 0 saturated carbocycles. The molecular formula is C17H17N5O2. The summed E-state index contributed by atoms with van der Waals surface area (Å²) in [6, 6.07) is 5.93. The van der Waals surface area contributed by atoms with Gasteiger partial charge in [-0.25, -0.2) is 9.97 Å². The van der Waals surface area contributed by atoms with Crippen LogP contribution in [0.3, 0.4) is 0 Å². The van der Waals surface area contributed by atoms with Crippen molar-refractivity contribution in [1.82, 2.24) is 19.9 Å². The molecule has 7 nitrogen and oxygen atoms in total. The summed E-state index contributed by atoms with van der Waals surface area (Å²) in [7, 11) is 4.00. The molecule has 0 radical (unpaired) electrons. The lowest BCUT2D eigenvalue weighted by molar-refractivity contribution is 0.0698. The van der Waals surface area contributed by atoms with Gasteiger partial charge in [-0.05, 0) is 23.3 Å². The highest BCUT2D eigenvalue weighted by Crippen LogP contribution is 2.40. The number of imidazole rings is 1. The van der Waals surface area contributed by atoms with Crippen LogP contribution in [0.1, 0.15) is 33.4 Å². The third-order valence-electron chi connectivity index (χ3n) is 4.30. The van der Waals surface area contributed by atoms with E-state index in [1.807, 2.05) is 25.1 Å². The van der Waals surface area contributed by atoms with Crippen molar-refractivity contribution in [2.24, 2.45) is 0 Å². The van der Waals surface area contributed by atoms with Gasteiger partial charge in [-0.2, -0.15) is 0 Å². The first-order valence-electron chi connectivity index (χ1n) is 7.63. The summed E-state index contributed by atoms with van der Waals surface area (Å²) in [4.78, 5) is 27.5. The van der Waals surface area contributed by atoms with E-state index in [1.165, 1.54) is 18.9 Å². The maximum absolute atomic E-state index is 12.9. The Morgan fingerprint density at radius 3 is 2.88 bits per heavy atom. The van der Waals surface area contributed by atoms with E-state index in [0.717, 1.165) is 16.8 Å². The van der Waals surface area contributed by atoms with E-state index in [1.54, 1.807) is 11.1 Å². The van der Waals surface area contributed by atoms with Gasteiger partial charge in [0.15, 0.2) is 12.2 Å². The van der Waals surface area contributed by atoms with Crippen LogP contribution in [-0.2, 0) is 6.54 Å². The van der Waals surface area contributed by atoms with Gasteiger partial charge < -0.3 is 19.2 Å². The number of carbonyl (C=O) groups excluding carboxylic acids is 1. The number of fused-ring (bicyclic) bond motifs is 1. The fraction of sp³-hybridized carbons (Fsp3) is 0.235. The highest BCUT2D eigenvalue weighted by molar-refractivity contribution is 5.93. The number of benzene rings is 1. The first kappa shape index (κ1) is 14.5. The van der Waals surface area contributed by atoms with E-state index in [9.17, 15) is 4.79 Å². The van der Waals surface area contributed by atoms with Gasteiger partial charge >= 0.3 is 0 Å². The molecule has 0 spiro atoms. The molecule has 1 amide bonds. The second kappa shape index (κ2) is 5.52. The van der Waals surface area contributed by atoms with E-state index < -0.39 is 0 Å². The maximum atomic E-state index is 12.9. The third kappa shape index (κ3) is 2.25. The van der Waals surface area contributed by atoms with Crippen molar-refractivity contribution in [2.75, 3.05) is 19.0 Å². The Bertz CT molecular complexity index is 855. The number of hydrogen-bond acceptors (Lipinski definition) is 5. The van der Waals surface area contributed by atoms with Crippen LogP contribution < -0.4 is 4.90 Å². The van der Waals surface area contributed by atoms with Crippen LogP contribution in [0.4, 0.5) is 5.69 Å². The smallest absolute Gasteiger partial charge is 0.273 e. The molecule has 0 bridgehead atoms. The molecule has 2 aromatic heterocycles. The molecule has 0 saturated heterocycles. The number of hydrogen-bond donors (Lipinski definition) is 1. The molecule has 0 fully saturated rings. The molecule has 4 rings (SSSR count). The Balaban J connectivity index is 1.78. The lowest BCUT2D eigenvalue weighted by Gasteiger charge is -2.22. The summed E-state index contributed by atoms with van der Waals surface area (Å²) >= 11 is 0. The van der Waals surface area contributed by atoms with E-state index >= 15 is 0 Å². The first-order chi connectivity index (χ1) is 11.6. The molecule has 0 aliphatic carbocycles. The number of aromatic amines is 1. The fourth-order valence-electron chi connectivity index (χ4n) is 3.10. The zero-order valence-corrected chi connectivity index (χ0v) is 13.4. The molecule has 3 aromatic rings. The number of carbonyl (C=O) groups is 1. The van der Waals surface area contributed by atoms with Crippen LogP contribution in [-0.4, -0.2) is 39.9 Å².